The minimum atomic E-state index is -1.19. The van der Waals surface area contributed by atoms with Gasteiger partial charge in [-0.2, -0.15) is 0 Å². The van der Waals surface area contributed by atoms with Gasteiger partial charge in [-0.25, -0.2) is 4.98 Å². The quantitative estimate of drug-likeness (QED) is 0.606. The van der Waals surface area contributed by atoms with Crippen molar-refractivity contribution in [2.75, 3.05) is 0 Å². The molecular weight excluding hydrogens is 240 g/mol. The smallest absolute Gasteiger partial charge is 0.320 e. The number of rotatable bonds is 5. The fourth-order valence-electron chi connectivity index (χ4n) is 1.08. The molecule has 1 aromatic rings. The predicted molar refractivity (Wildman–Crippen MR) is 59.4 cm³/mol. The molecule has 0 saturated carbocycles. The third kappa shape index (κ3) is 4.26. The standard InChI is InChI=1S/C10H12N4O4/c11-6(10(17)18)1-2-8(15)14-9(16)7-5-12-3-4-13-7/h3-6H,1-2,11H2,(H,17,18)(H,14,15,16). The van der Waals surface area contributed by atoms with Gasteiger partial charge in [0.15, 0.2) is 0 Å². The third-order valence-corrected chi connectivity index (χ3v) is 2.05. The Labute approximate surface area is 102 Å². The Kier molecular flexibility index (Phi) is 4.88. The monoisotopic (exact) mass is 252 g/mol. The second-order valence-corrected chi connectivity index (χ2v) is 3.45. The van der Waals surface area contributed by atoms with Gasteiger partial charge in [0.1, 0.15) is 11.7 Å². The molecule has 0 radical (unpaired) electrons. The van der Waals surface area contributed by atoms with E-state index in [2.05, 4.69) is 15.3 Å². The van der Waals surface area contributed by atoms with E-state index in [4.69, 9.17) is 10.8 Å². The number of imide groups is 1. The van der Waals surface area contributed by atoms with Gasteiger partial charge in [0.05, 0.1) is 6.20 Å². The first-order valence-electron chi connectivity index (χ1n) is 5.09. The highest BCUT2D eigenvalue weighted by Gasteiger charge is 2.16. The van der Waals surface area contributed by atoms with E-state index >= 15 is 0 Å². The van der Waals surface area contributed by atoms with Gasteiger partial charge in [-0.15, -0.1) is 0 Å². The fourth-order valence-corrected chi connectivity index (χ4v) is 1.08. The van der Waals surface area contributed by atoms with E-state index in [0.717, 1.165) is 0 Å². The van der Waals surface area contributed by atoms with E-state index in [-0.39, 0.29) is 18.5 Å². The van der Waals surface area contributed by atoms with Gasteiger partial charge in [0.2, 0.25) is 5.91 Å². The number of hydrogen-bond acceptors (Lipinski definition) is 6. The second-order valence-electron chi connectivity index (χ2n) is 3.45. The highest BCUT2D eigenvalue weighted by Crippen LogP contribution is 1.96. The summed E-state index contributed by atoms with van der Waals surface area (Å²) in [6, 6.07) is -1.12. The summed E-state index contributed by atoms with van der Waals surface area (Å²) >= 11 is 0. The molecule has 1 aromatic heterocycles. The van der Waals surface area contributed by atoms with Crippen molar-refractivity contribution in [2.24, 2.45) is 5.73 Å². The number of carbonyl (C=O) groups excluding carboxylic acids is 2. The number of carboxylic acid groups (broad SMARTS) is 1. The normalized spacial score (nSPS) is 11.6. The third-order valence-electron chi connectivity index (χ3n) is 2.05. The van der Waals surface area contributed by atoms with Crippen LogP contribution in [0.5, 0.6) is 0 Å². The Morgan fingerprint density at radius 3 is 2.67 bits per heavy atom. The Morgan fingerprint density at radius 2 is 2.11 bits per heavy atom. The Hall–Kier alpha value is -2.35. The number of nitrogens with two attached hydrogens (primary N) is 1. The lowest BCUT2D eigenvalue weighted by Gasteiger charge is -2.06. The van der Waals surface area contributed by atoms with Crippen molar-refractivity contribution in [2.45, 2.75) is 18.9 Å². The maximum atomic E-state index is 11.5. The van der Waals surface area contributed by atoms with Crippen LogP contribution in [0.2, 0.25) is 0 Å². The molecule has 0 aliphatic heterocycles. The molecule has 0 spiro atoms. The summed E-state index contributed by atoms with van der Waals surface area (Å²) in [5, 5.41) is 10.6. The summed E-state index contributed by atoms with van der Waals surface area (Å²) in [6.07, 6.45) is 3.73. The predicted octanol–water partition coefficient (Wildman–Crippen LogP) is -1.07. The highest BCUT2D eigenvalue weighted by atomic mass is 16.4. The zero-order valence-corrected chi connectivity index (χ0v) is 9.37. The van der Waals surface area contributed by atoms with E-state index in [1.54, 1.807) is 0 Å². The van der Waals surface area contributed by atoms with Crippen LogP contribution >= 0.6 is 0 Å². The number of amides is 2. The van der Waals surface area contributed by atoms with Crippen LogP contribution in [0, 0.1) is 0 Å². The second kappa shape index (κ2) is 6.40. The Balaban J connectivity index is 2.41. The van der Waals surface area contributed by atoms with Crippen LogP contribution in [-0.4, -0.2) is 38.9 Å². The molecule has 0 saturated heterocycles. The number of nitrogens with zero attached hydrogens (tertiary/aromatic N) is 2. The first-order valence-corrected chi connectivity index (χ1v) is 5.09. The molecule has 0 bridgehead atoms. The minimum Gasteiger partial charge on any atom is -0.480 e. The molecule has 18 heavy (non-hydrogen) atoms. The van der Waals surface area contributed by atoms with Crippen LogP contribution in [0.25, 0.3) is 0 Å². The molecule has 2 amide bonds. The van der Waals surface area contributed by atoms with Crippen molar-refractivity contribution in [1.82, 2.24) is 15.3 Å². The first kappa shape index (κ1) is 13.7. The van der Waals surface area contributed by atoms with Gasteiger partial charge in [-0.05, 0) is 6.42 Å². The summed E-state index contributed by atoms with van der Waals surface area (Å²) in [6.45, 7) is 0. The zero-order chi connectivity index (χ0) is 13.5. The van der Waals surface area contributed by atoms with Crippen LogP contribution in [0.1, 0.15) is 23.3 Å². The number of hydrogen-bond donors (Lipinski definition) is 3. The topological polar surface area (TPSA) is 135 Å². The molecule has 8 heteroatoms. The molecule has 0 aliphatic rings. The molecule has 0 aliphatic carbocycles. The van der Waals surface area contributed by atoms with Gasteiger partial charge in [-0.1, -0.05) is 0 Å². The van der Waals surface area contributed by atoms with E-state index < -0.39 is 23.8 Å². The average Bonchev–Trinajstić information content (AvgIpc) is 2.36. The number of carbonyl (C=O) groups is 3. The van der Waals surface area contributed by atoms with Crippen molar-refractivity contribution in [3.8, 4) is 0 Å². The number of aromatic nitrogens is 2. The maximum Gasteiger partial charge on any atom is 0.320 e. The van der Waals surface area contributed by atoms with Crippen molar-refractivity contribution >= 4 is 17.8 Å². The molecule has 4 N–H and O–H groups in total. The minimum absolute atomic E-state index is 0.00776. The summed E-state index contributed by atoms with van der Waals surface area (Å²) in [5.41, 5.74) is 5.23. The van der Waals surface area contributed by atoms with Gasteiger partial charge < -0.3 is 10.8 Å². The summed E-state index contributed by atoms with van der Waals surface area (Å²) < 4.78 is 0. The summed E-state index contributed by atoms with van der Waals surface area (Å²) in [5.74, 6) is -2.48. The lowest BCUT2D eigenvalue weighted by atomic mass is 10.1. The molecule has 1 atom stereocenters. The van der Waals surface area contributed by atoms with E-state index in [9.17, 15) is 14.4 Å². The average molecular weight is 252 g/mol. The van der Waals surface area contributed by atoms with Gasteiger partial charge in [0, 0.05) is 18.8 Å². The van der Waals surface area contributed by atoms with E-state index in [1.165, 1.54) is 18.6 Å². The first-order chi connectivity index (χ1) is 8.50. The molecule has 0 fully saturated rings. The molecular formula is C10H12N4O4. The van der Waals surface area contributed by atoms with Crippen LogP contribution in [-0.2, 0) is 9.59 Å². The molecule has 1 rings (SSSR count). The van der Waals surface area contributed by atoms with Crippen LogP contribution in [0.4, 0.5) is 0 Å². The van der Waals surface area contributed by atoms with E-state index in [1.807, 2.05) is 0 Å². The molecule has 1 heterocycles. The number of carboxylic acids is 1. The highest BCUT2D eigenvalue weighted by molar-refractivity contribution is 6.03. The Bertz CT molecular complexity index is 448. The van der Waals surface area contributed by atoms with Gasteiger partial charge >= 0.3 is 5.97 Å². The molecule has 8 nitrogen and oxygen atoms in total. The number of nitrogens with one attached hydrogen (secondary N) is 1. The number of aliphatic carboxylic acids is 1. The summed E-state index contributed by atoms with van der Waals surface area (Å²) in [7, 11) is 0. The molecule has 0 aromatic carbocycles. The SMILES string of the molecule is NC(CCC(=O)NC(=O)c1cnccn1)C(=O)O. The fraction of sp³-hybridized carbons (Fsp3) is 0.300. The van der Waals surface area contributed by atoms with Crippen LogP contribution < -0.4 is 11.1 Å². The zero-order valence-electron chi connectivity index (χ0n) is 9.37. The van der Waals surface area contributed by atoms with Crippen molar-refractivity contribution in [1.29, 1.82) is 0 Å². The molecule has 96 valence electrons. The molecule has 1 unspecified atom stereocenters. The maximum absolute atomic E-state index is 11.5. The summed E-state index contributed by atoms with van der Waals surface area (Å²) in [4.78, 5) is 40.6. The van der Waals surface area contributed by atoms with Crippen LogP contribution in [0.3, 0.4) is 0 Å². The van der Waals surface area contributed by atoms with Gasteiger partial charge in [0.25, 0.3) is 5.91 Å². The van der Waals surface area contributed by atoms with E-state index in [0.29, 0.717) is 0 Å². The van der Waals surface area contributed by atoms with Crippen molar-refractivity contribution in [3.63, 3.8) is 0 Å². The lowest BCUT2D eigenvalue weighted by molar-refractivity contribution is -0.138. The van der Waals surface area contributed by atoms with Crippen molar-refractivity contribution < 1.29 is 19.5 Å². The Morgan fingerprint density at radius 1 is 1.39 bits per heavy atom. The lowest BCUT2D eigenvalue weighted by Crippen LogP contribution is -2.35. The van der Waals surface area contributed by atoms with Crippen molar-refractivity contribution in [3.05, 3.63) is 24.3 Å². The van der Waals surface area contributed by atoms with Gasteiger partial charge in [-0.3, -0.25) is 24.7 Å². The largest absolute Gasteiger partial charge is 0.480 e. The van der Waals surface area contributed by atoms with Crippen LogP contribution in [0.15, 0.2) is 18.6 Å².